The lowest BCUT2D eigenvalue weighted by atomic mass is 10.1. The molecule has 28 heavy (non-hydrogen) atoms. The van der Waals surface area contributed by atoms with E-state index >= 15 is 0 Å². The van der Waals surface area contributed by atoms with Gasteiger partial charge in [0.05, 0.1) is 0 Å². The van der Waals surface area contributed by atoms with Gasteiger partial charge in [-0.05, 0) is 43.4 Å². The Balaban J connectivity index is 2.00. The molecule has 0 saturated carbocycles. The van der Waals surface area contributed by atoms with Crippen LogP contribution in [-0.4, -0.2) is 32.2 Å². The largest absolute Gasteiger partial charge is 0.484 e. The molecule has 0 radical (unpaired) electrons. The third kappa shape index (κ3) is 5.29. The van der Waals surface area contributed by atoms with Crippen LogP contribution in [0.2, 0.25) is 24.7 Å². The van der Waals surface area contributed by atoms with Gasteiger partial charge >= 0.3 is 6.18 Å². The molecular formula is C20H23ClF3NO2Si. The minimum absolute atomic E-state index is 0.0466. The first kappa shape index (κ1) is 21.2. The summed E-state index contributed by atoms with van der Waals surface area (Å²) in [5, 5.41) is 0.560. The molecule has 0 aliphatic carbocycles. The molecule has 1 aliphatic rings. The molecule has 0 bridgehead atoms. The molecule has 152 valence electrons. The quantitative estimate of drug-likeness (QED) is 0.555. The van der Waals surface area contributed by atoms with Crippen molar-refractivity contribution in [1.29, 1.82) is 0 Å². The summed E-state index contributed by atoms with van der Waals surface area (Å²) in [6.45, 7) is 5.40. The van der Waals surface area contributed by atoms with Crippen molar-refractivity contribution in [3.05, 3.63) is 64.7 Å². The Kier molecular flexibility index (Phi) is 6.10. The van der Waals surface area contributed by atoms with Crippen LogP contribution in [0.3, 0.4) is 0 Å². The van der Waals surface area contributed by atoms with Gasteiger partial charge in [0.1, 0.15) is 11.9 Å². The van der Waals surface area contributed by atoms with Crippen LogP contribution >= 0.6 is 11.6 Å². The van der Waals surface area contributed by atoms with Crippen molar-refractivity contribution < 1.29 is 22.3 Å². The Morgan fingerprint density at radius 3 is 2.36 bits per heavy atom. The molecule has 1 heterocycles. The van der Waals surface area contributed by atoms with E-state index in [4.69, 9.17) is 20.8 Å². The third-order valence-corrected chi connectivity index (χ3v) is 5.52. The first-order valence-corrected chi connectivity index (χ1v) is 12.8. The molecule has 8 heteroatoms. The lowest BCUT2D eigenvalue weighted by Crippen LogP contribution is -2.52. The van der Waals surface area contributed by atoms with Gasteiger partial charge in [0.25, 0.3) is 0 Å². The summed E-state index contributed by atoms with van der Waals surface area (Å²) in [6, 6.07) is 14.2. The smallest absolute Gasteiger partial charge is 0.427 e. The van der Waals surface area contributed by atoms with Crippen LogP contribution < -0.4 is 4.74 Å². The number of nitrogens with zero attached hydrogens (tertiary/aromatic N) is 1. The zero-order chi connectivity index (χ0) is 20.5. The molecule has 3 rings (SSSR count). The number of benzene rings is 2. The highest BCUT2D eigenvalue weighted by atomic mass is 35.5. The fourth-order valence-corrected chi connectivity index (χ4v) is 4.23. The van der Waals surface area contributed by atoms with E-state index in [0.717, 1.165) is 5.56 Å². The number of alkyl halides is 3. The molecule has 2 aromatic rings. The van der Waals surface area contributed by atoms with Crippen LogP contribution in [0.4, 0.5) is 13.2 Å². The molecule has 1 aliphatic heterocycles. The Bertz CT molecular complexity index is 808. The maximum Gasteiger partial charge on any atom is 0.427 e. The van der Waals surface area contributed by atoms with Gasteiger partial charge in [0.2, 0.25) is 0 Å². The van der Waals surface area contributed by atoms with E-state index < -0.39 is 26.8 Å². The van der Waals surface area contributed by atoms with E-state index in [9.17, 15) is 13.2 Å². The summed E-state index contributed by atoms with van der Waals surface area (Å²) < 4.78 is 53.5. The number of halogens is 4. The second-order valence-corrected chi connectivity index (χ2v) is 12.7. The number of hydrogen-bond acceptors (Lipinski definition) is 3. The van der Waals surface area contributed by atoms with Gasteiger partial charge in [-0.25, -0.2) is 0 Å². The SMILES string of the molecule is C[Si](C)(C)OC(N1Cc2ccccc2OC(c2ccc(Cl)cc2)C1)C(F)(F)F. The highest BCUT2D eigenvalue weighted by Gasteiger charge is 2.48. The van der Waals surface area contributed by atoms with Crippen LogP contribution in [0, 0.1) is 0 Å². The van der Waals surface area contributed by atoms with E-state index in [1.165, 1.54) is 4.90 Å². The number of rotatable bonds is 4. The second-order valence-electron chi connectivity index (χ2n) is 7.82. The van der Waals surface area contributed by atoms with Gasteiger partial charge < -0.3 is 9.16 Å². The number of para-hydroxylation sites is 1. The van der Waals surface area contributed by atoms with Gasteiger partial charge in [-0.1, -0.05) is 41.9 Å². The average Bonchev–Trinajstić information content (AvgIpc) is 2.78. The van der Waals surface area contributed by atoms with Gasteiger partial charge in [0.15, 0.2) is 14.5 Å². The molecular weight excluding hydrogens is 407 g/mol. The van der Waals surface area contributed by atoms with Gasteiger partial charge in [-0.15, -0.1) is 0 Å². The number of hydrogen-bond donors (Lipinski definition) is 0. The molecule has 0 N–H and O–H groups in total. The predicted octanol–water partition coefficient (Wildman–Crippen LogP) is 6.02. The molecule has 0 saturated heterocycles. The zero-order valence-electron chi connectivity index (χ0n) is 16.0. The molecule has 0 spiro atoms. The highest BCUT2D eigenvalue weighted by Crippen LogP contribution is 2.36. The third-order valence-electron chi connectivity index (χ3n) is 4.33. The van der Waals surface area contributed by atoms with Gasteiger partial charge in [0, 0.05) is 23.7 Å². The van der Waals surface area contributed by atoms with Crippen LogP contribution in [0.1, 0.15) is 17.2 Å². The van der Waals surface area contributed by atoms with E-state index in [2.05, 4.69) is 0 Å². The standard InChI is InChI=1S/C20H23ClF3NO2Si/c1-28(2,3)27-19(20(22,23)24)25-12-15-6-4-5-7-17(15)26-18(13-25)14-8-10-16(21)11-9-14/h4-11,18-19H,12-13H2,1-3H3. The van der Waals surface area contributed by atoms with Crippen molar-refractivity contribution in [2.24, 2.45) is 0 Å². The Labute approximate surface area is 169 Å². The molecule has 3 nitrogen and oxygen atoms in total. The predicted molar refractivity (Wildman–Crippen MR) is 106 cm³/mol. The molecule has 2 atom stereocenters. The number of ether oxygens (including phenoxy) is 1. The minimum Gasteiger partial charge on any atom is -0.484 e. The van der Waals surface area contributed by atoms with E-state index in [-0.39, 0.29) is 13.1 Å². The van der Waals surface area contributed by atoms with Crippen molar-refractivity contribution in [2.45, 2.75) is 44.7 Å². The van der Waals surface area contributed by atoms with Gasteiger partial charge in [-0.3, -0.25) is 4.90 Å². The van der Waals surface area contributed by atoms with Crippen LogP contribution in [0.25, 0.3) is 0 Å². The highest BCUT2D eigenvalue weighted by molar-refractivity contribution is 6.69. The molecule has 0 fully saturated rings. The Hall–Kier alpha value is -1.54. The van der Waals surface area contributed by atoms with Crippen molar-refractivity contribution in [1.82, 2.24) is 4.90 Å². The topological polar surface area (TPSA) is 21.7 Å². The summed E-state index contributed by atoms with van der Waals surface area (Å²) in [5.74, 6) is 0.582. The van der Waals surface area contributed by atoms with Crippen molar-refractivity contribution in [3.8, 4) is 5.75 Å². The molecule has 0 aromatic heterocycles. The molecule has 2 aromatic carbocycles. The van der Waals surface area contributed by atoms with E-state index in [0.29, 0.717) is 16.3 Å². The zero-order valence-corrected chi connectivity index (χ0v) is 17.7. The molecule has 2 unspecified atom stereocenters. The second kappa shape index (κ2) is 8.06. The maximum atomic E-state index is 13.9. The lowest BCUT2D eigenvalue weighted by molar-refractivity contribution is -0.246. The fraction of sp³-hybridized carbons (Fsp3) is 0.400. The first-order valence-electron chi connectivity index (χ1n) is 9.01. The van der Waals surface area contributed by atoms with Crippen LogP contribution in [0.5, 0.6) is 5.75 Å². The lowest BCUT2D eigenvalue weighted by Gasteiger charge is -2.37. The summed E-state index contributed by atoms with van der Waals surface area (Å²) in [4.78, 5) is 1.32. The summed E-state index contributed by atoms with van der Waals surface area (Å²) in [7, 11) is -2.45. The normalized spacial score (nSPS) is 19.5. The van der Waals surface area contributed by atoms with Crippen LogP contribution in [-0.2, 0) is 11.0 Å². The van der Waals surface area contributed by atoms with E-state index in [1.807, 2.05) is 6.07 Å². The Morgan fingerprint density at radius 1 is 1.11 bits per heavy atom. The molecule has 0 amide bonds. The fourth-order valence-electron chi connectivity index (χ4n) is 3.15. The number of fused-ring (bicyclic) bond motifs is 1. The Morgan fingerprint density at radius 2 is 1.75 bits per heavy atom. The first-order chi connectivity index (χ1) is 13.0. The summed E-state index contributed by atoms with van der Waals surface area (Å²) in [5.41, 5.74) is 1.47. The van der Waals surface area contributed by atoms with Crippen molar-refractivity contribution in [3.63, 3.8) is 0 Å². The van der Waals surface area contributed by atoms with E-state index in [1.54, 1.807) is 62.1 Å². The summed E-state index contributed by atoms with van der Waals surface area (Å²) >= 11 is 5.96. The summed E-state index contributed by atoms with van der Waals surface area (Å²) in [6.07, 6.45) is -7.07. The monoisotopic (exact) mass is 429 g/mol. The van der Waals surface area contributed by atoms with Gasteiger partial charge in [-0.2, -0.15) is 13.2 Å². The minimum atomic E-state index is -4.51. The average molecular weight is 430 g/mol. The van der Waals surface area contributed by atoms with Crippen molar-refractivity contribution >= 4 is 19.9 Å². The van der Waals surface area contributed by atoms with Crippen LogP contribution in [0.15, 0.2) is 48.5 Å². The maximum absolute atomic E-state index is 13.9. The van der Waals surface area contributed by atoms with Crippen molar-refractivity contribution in [2.75, 3.05) is 6.54 Å².